The Labute approximate surface area is 101 Å². The Balaban J connectivity index is 2.10. The molecule has 0 spiro atoms. The molecular weight excluding hydrogens is 210 g/mol. The maximum atomic E-state index is 9.72. The van der Waals surface area contributed by atoms with Crippen molar-refractivity contribution in [3.8, 4) is 5.75 Å². The molecule has 2 nitrogen and oxygen atoms in total. The second kappa shape index (κ2) is 4.21. The number of aromatic hydroxyl groups is 1. The lowest BCUT2D eigenvalue weighted by atomic mass is 9.93. The molecule has 0 fully saturated rings. The number of aromatic nitrogens is 1. The van der Waals surface area contributed by atoms with Gasteiger partial charge in [0.05, 0.1) is 5.52 Å². The molecule has 1 aliphatic rings. The molecule has 17 heavy (non-hydrogen) atoms. The van der Waals surface area contributed by atoms with Gasteiger partial charge in [-0.15, -0.1) is 0 Å². The van der Waals surface area contributed by atoms with Crippen LogP contribution in [-0.4, -0.2) is 10.1 Å². The van der Waals surface area contributed by atoms with E-state index in [1.54, 1.807) is 12.3 Å². The summed E-state index contributed by atoms with van der Waals surface area (Å²) in [6, 6.07) is 7.75. The normalized spacial score (nSPS) is 15.9. The first-order valence-corrected chi connectivity index (χ1v) is 6.12. The number of hydrogen-bond acceptors (Lipinski definition) is 2. The lowest BCUT2D eigenvalue weighted by molar-refractivity contribution is 0.481. The van der Waals surface area contributed by atoms with Crippen molar-refractivity contribution in [3.63, 3.8) is 0 Å². The molecule has 86 valence electrons. The van der Waals surface area contributed by atoms with E-state index in [1.807, 2.05) is 6.07 Å². The summed E-state index contributed by atoms with van der Waals surface area (Å²) in [5, 5.41) is 10.5. The van der Waals surface area contributed by atoms with Gasteiger partial charge in [0.2, 0.25) is 0 Å². The van der Waals surface area contributed by atoms with Gasteiger partial charge in [-0.05, 0) is 55.0 Å². The molecular formula is C15H15NO. The summed E-state index contributed by atoms with van der Waals surface area (Å²) >= 11 is 0. The minimum absolute atomic E-state index is 0.305. The maximum absolute atomic E-state index is 9.72. The standard InChI is InChI=1S/C15H15NO/c17-15-8-9-16-14-10-12(6-7-13(14)15)11-4-2-1-3-5-11/h4,6-10H,1-3,5H2,(H,16,17). The highest BCUT2D eigenvalue weighted by Crippen LogP contribution is 2.30. The van der Waals surface area contributed by atoms with E-state index in [2.05, 4.69) is 23.2 Å². The van der Waals surface area contributed by atoms with E-state index in [-0.39, 0.29) is 0 Å². The SMILES string of the molecule is Oc1ccnc2cc(C3=CCCCC3)ccc12. The van der Waals surface area contributed by atoms with Crippen LogP contribution in [0.4, 0.5) is 0 Å². The molecule has 2 heteroatoms. The minimum Gasteiger partial charge on any atom is -0.507 e. The summed E-state index contributed by atoms with van der Waals surface area (Å²) in [6.07, 6.45) is 8.89. The second-order valence-electron chi connectivity index (χ2n) is 4.54. The van der Waals surface area contributed by atoms with E-state index in [4.69, 9.17) is 0 Å². The highest BCUT2D eigenvalue weighted by Gasteiger charge is 2.08. The Kier molecular flexibility index (Phi) is 2.56. The summed E-state index contributed by atoms with van der Waals surface area (Å²) in [5.41, 5.74) is 3.53. The maximum Gasteiger partial charge on any atom is 0.126 e. The Morgan fingerprint density at radius 3 is 2.88 bits per heavy atom. The first-order valence-electron chi connectivity index (χ1n) is 6.12. The monoisotopic (exact) mass is 225 g/mol. The zero-order valence-corrected chi connectivity index (χ0v) is 9.69. The topological polar surface area (TPSA) is 33.1 Å². The van der Waals surface area contributed by atoms with Crippen molar-refractivity contribution >= 4 is 16.5 Å². The van der Waals surface area contributed by atoms with Crippen molar-refractivity contribution in [2.45, 2.75) is 25.7 Å². The zero-order chi connectivity index (χ0) is 11.7. The summed E-state index contributed by atoms with van der Waals surface area (Å²) in [7, 11) is 0. The molecule has 1 aromatic heterocycles. The number of allylic oxidation sites excluding steroid dienone is 2. The molecule has 1 heterocycles. The fourth-order valence-corrected chi connectivity index (χ4v) is 2.43. The third-order valence-electron chi connectivity index (χ3n) is 3.38. The molecule has 0 atom stereocenters. The third-order valence-corrected chi connectivity index (χ3v) is 3.38. The minimum atomic E-state index is 0.305. The molecule has 0 amide bonds. The van der Waals surface area contributed by atoms with Crippen LogP contribution in [0.15, 0.2) is 36.5 Å². The second-order valence-corrected chi connectivity index (χ2v) is 4.54. The van der Waals surface area contributed by atoms with Crippen LogP contribution in [0.2, 0.25) is 0 Å². The van der Waals surface area contributed by atoms with Gasteiger partial charge in [-0.2, -0.15) is 0 Å². The Hall–Kier alpha value is -1.83. The smallest absolute Gasteiger partial charge is 0.126 e. The van der Waals surface area contributed by atoms with Gasteiger partial charge in [-0.3, -0.25) is 4.98 Å². The Morgan fingerprint density at radius 1 is 1.12 bits per heavy atom. The number of benzene rings is 1. The summed E-state index contributed by atoms with van der Waals surface area (Å²) in [5.74, 6) is 0.305. The number of hydrogen-bond donors (Lipinski definition) is 1. The van der Waals surface area contributed by atoms with Crippen LogP contribution in [0.25, 0.3) is 16.5 Å². The van der Waals surface area contributed by atoms with Gasteiger partial charge >= 0.3 is 0 Å². The van der Waals surface area contributed by atoms with Crippen molar-refractivity contribution in [1.82, 2.24) is 4.98 Å². The predicted octanol–water partition coefficient (Wildman–Crippen LogP) is 3.90. The van der Waals surface area contributed by atoms with Gasteiger partial charge in [-0.25, -0.2) is 0 Å². The molecule has 3 rings (SSSR count). The van der Waals surface area contributed by atoms with Crippen LogP contribution in [0, 0.1) is 0 Å². The van der Waals surface area contributed by atoms with Gasteiger partial charge in [0, 0.05) is 11.6 Å². The average molecular weight is 225 g/mol. The van der Waals surface area contributed by atoms with E-state index in [0.717, 1.165) is 17.3 Å². The molecule has 0 saturated carbocycles. The fourth-order valence-electron chi connectivity index (χ4n) is 2.43. The van der Waals surface area contributed by atoms with Crippen molar-refractivity contribution < 1.29 is 5.11 Å². The Bertz CT molecular complexity index is 586. The highest BCUT2D eigenvalue weighted by molar-refractivity contribution is 5.87. The van der Waals surface area contributed by atoms with Crippen LogP contribution >= 0.6 is 0 Å². The summed E-state index contributed by atoms with van der Waals surface area (Å²) in [4.78, 5) is 4.31. The largest absolute Gasteiger partial charge is 0.507 e. The molecule has 0 unspecified atom stereocenters. The molecule has 0 radical (unpaired) electrons. The molecule has 0 aliphatic heterocycles. The number of nitrogens with zero attached hydrogens (tertiary/aromatic N) is 1. The van der Waals surface area contributed by atoms with Crippen molar-refractivity contribution in [3.05, 3.63) is 42.1 Å². The van der Waals surface area contributed by atoms with Gasteiger partial charge < -0.3 is 5.11 Å². The molecule has 0 bridgehead atoms. The molecule has 1 aromatic carbocycles. The third kappa shape index (κ3) is 1.91. The number of rotatable bonds is 1. The lowest BCUT2D eigenvalue weighted by Crippen LogP contribution is -1.92. The van der Waals surface area contributed by atoms with Gasteiger partial charge in [-0.1, -0.05) is 12.1 Å². The van der Waals surface area contributed by atoms with Gasteiger partial charge in [0.25, 0.3) is 0 Å². The van der Waals surface area contributed by atoms with Crippen LogP contribution in [0.5, 0.6) is 5.75 Å². The van der Waals surface area contributed by atoms with E-state index < -0.39 is 0 Å². The highest BCUT2D eigenvalue weighted by atomic mass is 16.3. The molecule has 1 aliphatic carbocycles. The van der Waals surface area contributed by atoms with Crippen LogP contribution in [-0.2, 0) is 0 Å². The molecule has 1 N–H and O–H groups in total. The Morgan fingerprint density at radius 2 is 2.06 bits per heavy atom. The van der Waals surface area contributed by atoms with E-state index in [9.17, 15) is 5.11 Å². The van der Waals surface area contributed by atoms with Crippen molar-refractivity contribution in [1.29, 1.82) is 0 Å². The van der Waals surface area contributed by atoms with Gasteiger partial charge in [0.1, 0.15) is 5.75 Å². The van der Waals surface area contributed by atoms with Crippen molar-refractivity contribution in [2.24, 2.45) is 0 Å². The van der Waals surface area contributed by atoms with E-state index >= 15 is 0 Å². The van der Waals surface area contributed by atoms with Gasteiger partial charge in [0.15, 0.2) is 0 Å². The van der Waals surface area contributed by atoms with Crippen LogP contribution in [0.1, 0.15) is 31.2 Å². The first-order chi connectivity index (χ1) is 8.34. The van der Waals surface area contributed by atoms with E-state index in [1.165, 1.54) is 30.4 Å². The molecule has 2 aromatic rings. The average Bonchev–Trinajstić information content (AvgIpc) is 2.40. The lowest BCUT2D eigenvalue weighted by Gasteiger charge is -2.13. The summed E-state index contributed by atoms with van der Waals surface area (Å²) < 4.78 is 0. The predicted molar refractivity (Wildman–Crippen MR) is 69.9 cm³/mol. The zero-order valence-electron chi connectivity index (χ0n) is 9.69. The number of fused-ring (bicyclic) bond motifs is 1. The van der Waals surface area contributed by atoms with Crippen molar-refractivity contribution in [2.75, 3.05) is 0 Å². The summed E-state index contributed by atoms with van der Waals surface area (Å²) in [6.45, 7) is 0. The van der Waals surface area contributed by atoms with Crippen LogP contribution < -0.4 is 0 Å². The quantitative estimate of drug-likeness (QED) is 0.798. The first kappa shape index (κ1) is 10.3. The fraction of sp³-hybridized carbons (Fsp3) is 0.267. The molecule has 0 saturated heterocycles. The number of pyridine rings is 1. The van der Waals surface area contributed by atoms with Crippen LogP contribution in [0.3, 0.4) is 0 Å². The van der Waals surface area contributed by atoms with E-state index in [0.29, 0.717) is 5.75 Å².